The van der Waals surface area contributed by atoms with Crippen LogP contribution in [0.25, 0.3) is 0 Å². The zero-order chi connectivity index (χ0) is 22.3. The number of rotatable bonds is 9. The van der Waals surface area contributed by atoms with Crippen molar-refractivity contribution in [1.29, 1.82) is 0 Å². The molecular weight excluding hydrogens is 418 g/mol. The molecule has 1 heterocycles. The molecule has 2 aromatic rings. The molecule has 0 radical (unpaired) electrons. The SMILES string of the molecule is CCOc1ccc(N(CC(=O)NCc2ccc(N3CCOCC3)cc2)S(C)(=O)=O)cc1. The average molecular weight is 448 g/mol. The Labute approximate surface area is 183 Å². The van der Waals surface area contributed by atoms with Crippen LogP contribution in [0.5, 0.6) is 5.75 Å². The smallest absolute Gasteiger partial charge is 0.241 e. The molecule has 1 amide bonds. The standard InChI is InChI=1S/C22H29N3O5S/c1-3-30-21-10-8-20(9-11-21)25(31(2,27)28)17-22(26)23-16-18-4-6-19(7-5-18)24-12-14-29-15-13-24/h4-11H,3,12-17H2,1-2H3,(H,23,26). The van der Waals surface area contributed by atoms with Crippen molar-refractivity contribution < 1.29 is 22.7 Å². The summed E-state index contributed by atoms with van der Waals surface area (Å²) in [5, 5.41) is 2.80. The molecule has 3 rings (SSSR count). The van der Waals surface area contributed by atoms with Crippen LogP contribution in [0.15, 0.2) is 48.5 Å². The summed E-state index contributed by atoms with van der Waals surface area (Å²) in [5.41, 5.74) is 2.48. The summed E-state index contributed by atoms with van der Waals surface area (Å²) in [6, 6.07) is 14.6. The van der Waals surface area contributed by atoms with E-state index < -0.39 is 10.0 Å². The van der Waals surface area contributed by atoms with E-state index in [0.29, 0.717) is 24.6 Å². The number of ether oxygens (including phenoxy) is 2. The largest absolute Gasteiger partial charge is 0.494 e. The molecular formula is C22H29N3O5S. The maximum absolute atomic E-state index is 12.5. The van der Waals surface area contributed by atoms with Gasteiger partial charge in [-0.25, -0.2) is 8.42 Å². The van der Waals surface area contributed by atoms with Crippen molar-refractivity contribution >= 4 is 27.3 Å². The zero-order valence-electron chi connectivity index (χ0n) is 17.9. The molecule has 31 heavy (non-hydrogen) atoms. The number of carbonyl (C=O) groups excluding carboxylic acids is 1. The van der Waals surface area contributed by atoms with Crippen LogP contribution in [0.2, 0.25) is 0 Å². The van der Waals surface area contributed by atoms with E-state index in [0.717, 1.165) is 48.1 Å². The Bertz CT molecular complexity index is 956. The fourth-order valence-electron chi connectivity index (χ4n) is 3.31. The van der Waals surface area contributed by atoms with Crippen LogP contribution in [0.3, 0.4) is 0 Å². The summed E-state index contributed by atoms with van der Waals surface area (Å²) < 4.78 is 36.3. The second-order valence-corrected chi connectivity index (χ2v) is 9.15. The monoisotopic (exact) mass is 447 g/mol. The van der Waals surface area contributed by atoms with E-state index >= 15 is 0 Å². The highest BCUT2D eigenvalue weighted by Gasteiger charge is 2.21. The third-order valence-electron chi connectivity index (χ3n) is 4.93. The number of morpholine rings is 1. The summed E-state index contributed by atoms with van der Waals surface area (Å²) in [4.78, 5) is 14.7. The fourth-order valence-corrected chi connectivity index (χ4v) is 4.16. The van der Waals surface area contributed by atoms with Gasteiger partial charge in [0.1, 0.15) is 12.3 Å². The summed E-state index contributed by atoms with van der Waals surface area (Å²) in [6.45, 7) is 5.60. The molecule has 0 bridgehead atoms. The quantitative estimate of drug-likeness (QED) is 0.633. The maximum Gasteiger partial charge on any atom is 0.241 e. The number of sulfonamides is 1. The molecule has 1 saturated heterocycles. The molecule has 1 fully saturated rings. The van der Waals surface area contributed by atoms with Gasteiger partial charge in [0.05, 0.1) is 31.8 Å². The van der Waals surface area contributed by atoms with E-state index in [4.69, 9.17) is 9.47 Å². The Balaban J connectivity index is 1.58. The molecule has 0 aliphatic carbocycles. The van der Waals surface area contributed by atoms with Crippen LogP contribution in [0, 0.1) is 0 Å². The lowest BCUT2D eigenvalue weighted by molar-refractivity contribution is -0.119. The maximum atomic E-state index is 12.5. The van der Waals surface area contributed by atoms with Gasteiger partial charge in [0.25, 0.3) is 0 Å². The number of hydrogen-bond donors (Lipinski definition) is 1. The number of amides is 1. The van der Waals surface area contributed by atoms with Crippen molar-refractivity contribution in [2.75, 3.05) is 54.9 Å². The highest BCUT2D eigenvalue weighted by molar-refractivity contribution is 7.92. The van der Waals surface area contributed by atoms with E-state index in [-0.39, 0.29) is 12.5 Å². The highest BCUT2D eigenvalue weighted by Crippen LogP contribution is 2.21. The minimum Gasteiger partial charge on any atom is -0.494 e. The zero-order valence-corrected chi connectivity index (χ0v) is 18.7. The third kappa shape index (κ3) is 6.60. The van der Waals surface area contributed by atoms with Gasteiger partial charge < -0.3 is 19.7 Å². The first kappa shape index (κ1) is 22.9. The van der Waals surface area contributed by atoms with Gasteiger partial charge >= 0.3 is 0 Å². The van der Waals surface area contributed by atoms with Crippen LogP contribution < -0.4 is 19.3 Å². The van der Waals surface area contributed by atoms with Crippen molar-refractivity contribution in [2.45, 2.75) is 13.5 Å². The van der Waals surface area contributed by atoms with Crippen LogP contribution in [-0.4, -0.2) is 60.0 Å². The van der Waals surface area contributed by atoms with E-state index in [9.17, 15) is 13.2 Å². The lowest BCUT2D eigenvalue weighted by Gasteiger charge is -2.29. The summed E-state index contributed by atoms with van der Waals surface area (Å²) >= 11 is 0. The van der Waals surface area contributed by atoms with E-state index in [1.807, 2.05) is 31.2 Å². The molecule has 0 spiro atoms. The first-order valence-corrected chi connectivity index (χ1v) is 12.1. The molecule has 2 aromatic carbocycles. The first-order chi connectivity index (χ1) is 14.9. The second kappa shape index (κ2) is 10.5. The second-order valence-electron chi connectivity index (χ2n) is 7.24. The molecule has 0 unspecified atom stereocenters. The van der Waals surface area contributed by atoms with E-state index in [2.05, 4.69) is 10.2 Å². The van der Waals surface area contributed by atoms with Crippen molar-refractivity contribution in [2.24, 2.45) is 0 Å². The van der Waals surface area contributed by atoms with Crippen molar-refractivity contribution in [3.8, 4) is 5.75 Å². The first-order valence-electron chi connectivity index (χ1n) is 10.3. The summed E-state index contributed by atoms with van der Waals surface area (Å²) in [5.74, 6) is 0.265. The molecule has 1 N–H and O–H groups in total. The van der Waals surface area contributed by atoms with Crippen LogP contribution in [0.1, 0.15) is 12.5 Å². The molecule has 168 valence electrons. The Kier molecular flexibility index (Phi) is 7.75. The van der Waals surface area contributed by atoms with Gasteiger partial charge in [-0.1, -0.05) is 12.1 Å². The Morgan fingerprint density at radius 2 is 1.74 bits per heavy atom. The van der Waals surface area contributed by atoms with Crippen LogP contribution >= 0.6 is 0 Å². The predicted octanol–water partition coefficient (Wildman–Crippen LogP) is 2.00. The van der Waals surface area contributed by atoms with E-state index in [1.54, 1.807) is 24.3 Å². The van der Waals surface area contributed by atoms with Crippen molar-refractivity contribution in [1.82, 2.24) is 5.32 Å². The minimum absolute atomic E-state index is 0.293. The lowest BCUT2D eigenvalue weighted by atomic mass is 10.2. The number of nitrogens with zero attached hydrogens (tertiary/aromatic N) is 2. The molecule has 1 aliphatic heterocycles. The number of nitrogens with one attached hydrogen (secondary N) is 1. The van der Waals surface area contributed by atoms with Gasteiger partial charge in [0.2, 0.25) is 15.9 Å². The normalized spacial score (nSPS) is 14.2. The van der Waals surface area contributed by atoms with Gasteiger partial charge in [-0.3, -0.25) is 9.10 Å². The molecule has 8 nitrogen and oxygen atoms in total. The highest BCUT2D eigenvalue weighted by atomic mass is 32.2. The van der Waals surface area contributed by atoms with Gasteiger partial charge in [-0.2, -0.15) is 0 Å². The fraction of sp³-hybridized carbons (Fsp3) is 0.409. The Morgan fingerprint density at radius 3 is 2.32 bits per heavy atom. The number of anilines is 2. The van der Waals surface area contributed by atoms with Crippen molar-refractivity contribution in [3.63, 3.8) is 0 Å². The predicted molar refractivity (Wildman–Crippen MR) is 121 cm³/mol. The number of hydrogen-bond acceptors (Lipinski definition) is 6. The molecule has 1 aliphatic rings. The summed E-state index contributed by atoms with van der Waals surface area (Å²) in [7, 11) is -3.62. The molecule has 9 heteroatoms. The Hall–Kier alpha value is -2.78. The average Bonchev–Trinajstić information content (AvgIpc) is 2.77. The number of benzene rings is 2. The molecule has 0 atom stereocenters. The van der Waals surface area contributed by atoms with Gasteiger partial charge in [0, 0.05) is 25.3 Å². The number of carbonyl (C=O) groups is 1. The molecule has 0 aromatic heterocycles. The molecule has 0 saturated carbocycles. The lowest BCUT2D eigenvalue weighted by Crippen LogP contribution is -2.40. The summed E-state index contributed by atoms with van der Waals surface area (Å²) in [6.07, 6.45) is 1.08. The van der Waals surface area contributed by atoms with Crippen LogP contribution in [-0.2, 0) is 26.1 Å². The van der Waals surface area contributed by atoms with Crippen LogP contribution in [0.4, 0.5) is 11.4 Å². The third-order valence-corrected chi connectivity index (χ3v) is 6.07. The van der Waals surface area contributed by atoms with Gasteiger partial charge in [-0.15, -0.1) is 0 Å². The van der Waals surface area contributed by atoms with Crippen molar-refractivity contribution in [3.05, 3.63) is 54.1 Å². The Morgan fingerprint density at radius 1 is 1.10 bits per heavy atom. The van der Waals surface area contributed by atoms with Gasteiger partial charge in [0.15, 0.2) is 0 Å². The van der Waals surface area contributed by atoms with E-state index in [1.165, 1.54) is 0 Å². The van der Waals surface area contributed by atoms with Gasteiger partial charge in [-0.05, 0) is 48.9 Å². The minimum atomic E-state index is -3.62. The topological polar surface area (TPSA) is 88.2 Å².